The smallest absolute Gasteiger partial charge is 0.255 e. The first kappa shape index (κ1) is 21.8. The van der Waals surface area contributed by atoms with Crippen molar-refractivity contribution in [1.82, 2.24) is 20.1 Å². The van der Waals surface area contributed by atoms with Crippen molar-refractivity contribution in [3.63, 3.8) is 0 Å². The zero-order valence-electron chi connectivity index (χ0n) is 18.3. The quantitative estimate of drug-likeness (QED) is 0.707. The van der Waals surface area contributed by atoms with E-state index in [0.29, 0.717) is 17.9 Å². The number of likely N-dealkylation sites (tertiary alicyclic amines) is 2. The Kier molecular flexibility index (Phi) is 7.91. The molecule has 0 atom stereocenters. The van der Waals surface area contributed by atoms with Crippen molar-refractivity contribution in [3.05, 3.63) is 59.9 Å². The highest BCUT2D eigenvalue weighted by molar-refractivity contribution is 5.96. The van der Waals surface area contributed by atoms with Gasteiger partial charge in [-0.1, -0.05) is 24.6 Å². The van der Waals surface area contributed by atoms with Crippen LogP contribution in [0.1, 0.15) is 48.2 Å². The third-order valence-corrected chi connectivity index (χ3v) is 6.23. The second-order valence-electron chi connectivity index (χ2n) is 8.57. The molecule has 2 saturated heterocycles. The Hall–Kier alpha value is -2.44. The first-order chi connectivity index (χ1) is 15.3. The Morgan fingerprint density at radius 3 is 2.52 bits per heavy atom. The Balaban J connectivity index is 1.25. The summed E-state index contributed by atoms with van der Waals surface area (Å²) in [6.45, 7) is 6.73. The lowest BCUT2D eigenvalue weighted by atomic mass is 10.1. The van der Waals surface area contributed by atoms with E-state index < -0.39 is 0 Å². The van der Waals surface area contributed by atoms with Crippen molar-refractivity contribution < 1.29 is 9.53 Å². The summed E-state index contributed by atoms with van der Waals surface area (Å²) >= 11 is 0. The van der Waals surface area contributed by atoms with Crippen LogP contribution in [-0.4, -0.2) is 66.1 Å². The number of ether oxygens (including phenoxy) is 1. The summed E-state index contributed by atoms with van der Waals surface area (Å²) in [7, 11) is 0. The Bertz CT molecular complexity index is 815. The fraction of sp³-hybridized carbons (Fsp3) is 0.520. The molecular weight excluding hydrogens is 388 g/mol. The number of benzene rings is 1. The second kappa shape index (κ2) is 11.3. The molecule has 2 fully saturated rings. The van der Waals surface area contributed by atoms with Crippen LogP contribution < -0.4 is 10.1 Å². The molecule has 3 heterocycles. The topological polar surface area (TPSA) is 57.7 Å². The van der Waals surface area contributed by atoms with Crippen LogP contribution in [0.15, 0.2) is 48.7 Å². The Morgan fingerprint density at radius 1 is 0.968 bits per heavy atom. The molecule has 4 rings (SSSR count). The maximum Gasteiger partial charge on any atom is 0.255 e. The molecule has 0 saturated carbocycles. The number of para-hydroxylation sites is 1. The summed E-state index contributed by atoms with van der Waals surface area (Å²) in [6, 6.07) is 13.7. The molecule has 1 aromatic heterocycles. The van der Waals surface area contributed by atoms with Gasteiger partial charge in [-0.2, -0.15) is 0 Å². The average molecular weight is 423 g/mol. The van der Waals surface area contributed by atoms with Gasteiger partial charge in [0.15, 0.2) is 0 Å². The standard InChI is InChI=1S/C25H34N4O2/c30-25(27-14-19-28-15-6-1-7-16-28)23-9-2-3-10-24(23)31-22-11-17-29(18-12-22)20-21-8-4-5-13-26-21/h2-5,8-10,13,22H,1,6-7,11-12,14-20H2,(H,27,30). The average Bonchev–Trinajstić information content (AvgIpc) is 2.82. The number of hydrogen-bond donors (Lipinski definition) is 1. The minimum atomic E-state index is -0.0415. The zero-order valence-corrected chi connectivity index (χ0v) is 18.3. The number of pyridine rings is 1. The maximum absolute atomic E-state index is 12.8. The summed E-state index contributed by atoms with van der Waals surface area (Å²) in [5.41, 5.74) is 1.74. The van der Waals surface area contributed by atoms with E-state index in [1.807, 2.05) is 42.6 Å². The number of nitrogens with zero attached hydrogens (tertiary/aromatic N) is 3. The minimum Gasteiger partial charge on any atom is -0.489 e. The molecule has 0 bridgehead atoms. The first-order valence-corrected chi connectivity index (χ1v) is 11.7. The van der Waals surface area contributed by atoms with Gasteiger partial charge in [-0.3, -0.25) is 14.7 Å². The number of rotatable bonds is 8. The monoisotopic (exact) mass is 422 g/mol. The SMILES string of the molecule is O=C(NCCN1CCCCC1)c1ccccc1OC1CCN(Cc2ccccn2)CC1. The number of amides is 1. The molecule has 0 unspecified atom stereocenters. The van der Waals surface area contributed by atoms with Gasteiger partial charge in [-0.05, 0) is 63.0 Å². The number of aromatic nitrogens is 1. The van der Waals surface area contributed by atoms with Gasteiger partial charge in [-0.25, -0.2) is 0 Å². The third kappa shape index (κ3) is 6.52. The molecule has 6 heteroatoms. The predicted molar refractivity (Wildman–Crippen MR) is 122 cm³/mol. The van der Waals surface area contributed by atoms with E-state index >= 15 is 0 Å². The minimum absolute atomic E-state index is 0.0415. The van der Waals surface area contributed by atoms with Crippen molar-refractivity contribution in [2.45, 2.75) is 44.8 Å². The molecule has 1 N–H and O–H groups in total. The first-order valence-electron chi connectivity index (χ1n) is 11.7. The number of hydrogen-bond acceptors (Lipinski definition) is 5. The van der Waals surface area contributed by atoms with E-state index in [1.54, 1.807) is 0 Å². The van der Waals surface area contributed by atoms with Crippen molar-refractivity contribution >= 4 is 5.91 Å². The highest BCUT2D eigenvalue weighted by Crippen LogP contribution is 2.23. The van der Waals surface area contributed by atoms with Crippen LogP contribution in [-0.2, 0) is 6.54 Å². The van der Waals surface area contributed by atoms with Gasteiger partial charge in [0.2, 0.25) is 0 Å². The van der Waals surface area contributed by atoms with Crippen molar-refractivity contribution in [2.75, 3.05) is 39.3 Å². The van der Waals surface area contributed by atoms with Gasteiger partial charge in [-0.15, -0.1) is 0 Å². The van der Waals surface area contributed by atoms with Crippen LogP contribution in [0.25, 0.3) is 0 Å². The molecule has 0 aliphatic carbocycles. The molecule has 1 aromatic carbocycles. The van der Waals surface area contributed by atoms with Gasteiger partial charge in [0.1, 0.15) is 11.9 Å². The molecule has 6 nitrogen and oxygen atoms in total. The van der Waals surface area contributed by atoms with Gasteiger partial charge in [0.25, 0.3) is 5.91 Å². The fourth-order valence-electron chi connectivity index (χ4n) is 4.45. The highest BCUT2D eigenvalue weighted by atomic mass is 16.5. The number of carbonyl (C=O) groups is 1. The molecule has 2 aliphatic heterocycles. The van der Waals surface area contributed by atoms with Crippen molar-refractivity contribution in [3.8, 4) is 5.75 Å². The lowest BCUT2D eigenvalue weighted by Crippen LogP contribution is -2.39. The van der Waals surface area contributed by atoms with Gasteiger partial charge < -0.3 is 15.0 Å². The Labute approximate surface area is 185 Å². The molecule has 2 aliphatic rings. The van der Waals surface area contributed by atoms with E-state index in [4.69, 9.17) is 4.74 Å². The molecule has 166 valence electrons. The largest absolute Gasteiger partial charge is 0.489 e. The van der Waals surface area contributed by atoms with Gasteiger partial charge in [0, 0.05) is 38.9 Å². The number of carbonyl (C=O) groups excluding carboxylic acids is 1. The van der Waals surface area contributed by atoms with E-state index in [2.05, 4.69) is 26.2 Å². The van der Waals surface area contributed by atoms with Gasteiger partial charge in [0.05, 0.1) is 11.3 Å². The van der Waals surface area contributed by atoms with Crippen LogP contribution in [0.5, 0.6) is 5.75 Å². The van der Waals surface area contributed by atoms with Crippen molar-refractivity contribution in [1.29, 1.82) is 0 Å². The van der Waals surface area contributed by atoms with Crippen LogP contribution in [0.2, 0.25) is 0 Å². The lowest BCUT2D eigenvalue weighted by molar-refractivity contribution is 0.0885. The van der Waals surface area contributed by atoms with Crippen molar-refractivity contribution in [2.24, 2.45) is 0 Å². The summed E-state index contributed by atoms with van der Waals surface area (Å²) in [4.78, 5) is 22.1. The molecule has 1 amide bonds. The number of piperidine rings is 2. The zero-order chi connectivity index (χ0) is 21.3. The summed E-state index contributed by atoms with van der Waals surface area (Å²) in [5.74, 6) is 0.654. The number of nitrogens with one attached hydrogen (secondary N) is 1. The van der Waals surface area contributed by atoms with Crippen LogP contribution in [0, 0.1) is 0 Å². The van der Waals surface area contributed by atoms with Gasteiger partial charge >= 0.3 is 0 Å². The van der Waals surface area contributed by atoms with Crippen LogP contribution in [0.3, 0.4) is 0 Å². The Morgan fingerprint density at radius 2 is 1.74 bits per heavy atom. The van der Waals surface area contributed by atoms with Crippen LogP contribution >= 0.6 is 0 Å². The molecule has 0 radical (unpaired) electrons. The van der Waals surface area contributed by atoms with E-state index in [-0.39, 0.29) is 12.0 Å². The lowest BCUT2D eigenvalue weighted by Gasteiger charge is -2.32. The normalized spacial score (nSPS) is 18.6. The molecule has 0 spiro atoms. The molecule has 31 heavy (non-hydrogen) atoms. The summed E-state index contributed by atoms with van der Waals surface area (Å²) in [5, 5.41) is 3.08. The van der Waals surface area contributed by atoms with E-state index in [0.717, 1.165) is 57.8 Å². The molecular formula is C25H34N4O2. The van der Waals surface area contributed by atoms with E-state index in [9.17, 15) is 4.79 Å². The predicted octanol–water partition coefficient (Wildman–Crippen LogP) is 3.34. The summed E-state index contributed by atoms with van der Waals surface area (Å²) < 4.78 is 6.29. The second-order valence-corrected chi connectivity index (χ2v) is 8.57. The fourth-order valence-corrected chi connectivity index (χ4v) is 4.45. The molecule has 2 aromatic rings. The highest BCUT2D eigenvalue weighted by Gasteiger charge is 2.23. The third-order valence-electron chi connectivity index (χ3n) is 6.23. The summed E-state index contributed by atoms with van der Waals surface area (Å²) in [6.07, 6.45) is 7.77. The maximum atomic E-state index is 12.8. The van der Waals surface area contributed by atoms with Crippen LogP contribution in [0.4, 0.5) is 0 Å². The van der Waals surface area contributed by atoms with E-state index in [1.165, 1.54) is 19.3 Å².